The first-order chi connectivity index (χ1) is 7.18. The zero-order valence-corrected chi connectivity index (χ0v) is 10.2. The summed E-state index contributed by atoms with van der Waals surface area (Å²) < 4.78 is 0. The molecule has 1 saturated heterocycles. The number of rotatable bonds is 1. The van der Waals surface area contributed by atoms with Gasteiger partial charge < -0.3 is 15.6 Å². The molecule has 0 spiro atoms. The minimum Gasteiger partial charge on any atom is -0.367 e. The summed E-state index contributed by atoms with van der Waals surface area (Å²) >= 11 is 0. The molecule has 90 valence electrons. The molecule has 0 aliphatic carbocycles. The lowest BCUT2D eigenvalue weighted by atomic mass is 10.0. The summed E-state index contributed by atoms with van der Waals surface area (Å²) in [6.45, 7) is 3.51. The van der Waals surface area contributed by atoms with Crippen LogP contribution in [0, 0.1) is 6.92 Å². The van der Waals surface area contributed by atoms with Crippen molar-refractivity contribution < 1.29 is 4.79 Å². The molecular formula is C11H18ClN3O. The van der Waals surface area contributed by atoms with Gasteiger partial charge in [-0.2, -0.15) is 0 Å². The Hall–Kier alpha value is -1.00. The fourth-order valence-electron chi connectivity index (χ4n) is 1.94. The minimum atomic E-state index is 0. The van der Waals surface area contributed by atoms with Crippen LogP contribution in [0.2, 0.25) is 0 Å². The number of nitrogens with zero attached hydrogens (tertiary/aromatic N) is 1. The highest BCUT2D eigenvalue weighted by molar-refractivity contribution is 5.95. The smallest absolute Gasteiger partial charge is 0.255 e. The third-order valence-corrected chi connectivity index (χ3v) is 3.01. The maximum absolute atomic E-state index is 12.1. The largest absolute Gasteiger partial charge is 0.367 e. The summed E-state index contributed by atoms with van der Waals surface area (Å²) in [7, 11) is 0. The molecule has 1 aliphatic heterocycles. The van der Waals surface area contributed by atoms with E-state index in [1.54, 1.807) is 6.20 Å². The van der Waals surface area contributed by atoms with E-state index < -0.39 is 0 Å². The van der Waals surface area contributed by atoms with Crippen molar-refractivity contribution in [3.63, 3.8) is 0 Å². The first-order valence-electron chi connectivity index (χ1n) is 5.36. The van der Waals surface area contributed by atoms with Crippen LogP contribution >= 0.6 is 12.4 Å². The maximum Gasteiger partial charge on any atom is 0.255 e. The lowest BCUT2D eigenvalue weighted by molar-refractivity contribution is 0.0714. The molecule has 0 radical (unpaired) electrons. The van der Waals surface area contributed by atoms with E-state index in [2.05, 4.69) is 4.98 Å². The number of halogens is 1. The summed E-state index contributed by atoms with van der Waals surface area (Å²) in [6.07, 6.45) is 5.44. The predicted octanol–water partition coefficient (Wildman–Crippen LogP) is 1.31. The van der Waals surface area contributed by atoms with Crippen molar-refractivity contribution in [2.45, 2.75) is 25.8 Å². The lowest BCUT2D eigenvalue weighted by Crippen LogP contribution is -2.42. The number of carbonyl (C=O) groups excluding carboxylic acids is 1. The second-order valence-electron chi connectivity index (χ2n) is 4.18. The van der Waals surface area contributed by atoms with Gasteiger partial charge >= 0.3 is 0 Å². The van der Waals surface area contributed by atoms with Gasteiger partial charge in [-0.05, 0) is 25.3 Å². The fraction of sp³-hybridized carbons (Fsp3) is 0.545. The lowest BCUT2D eigenvalue weighted by Gasteiger charge is -2.30. The summed E-state index contributed by atoms with van der Waals surface area (Å²) in [6, 6.07) is 0.265. The monoisotopic (exact) mass is 243 g/mol. The predicted molar refractivity (Wildman–Crippen MR) is 65.9 cm³/mol. The standard InChI is InChI=1S/C11H17N3O.ClH/c1-8-6-13-7-10(8)11(15)14-4-2-9(12)3-5-14;/h6-7,9,13H,2-5,12H2,1H3;1H. The van der Waals surface area contributed by atoms with E-state index in [9.17, 15) is 4.79 Å². The molecule has 2 heterocycles. The number of piperidine rings is 1. The van der Waals surface area contributed by atoms with Gasteiger partial charge in [0.1, 0.15) is 0 Å². The van der Waals surface area contributed by atoms with Crippen LogP contribution in [-0.4, -0.2) is 34.9 Å². The van der Waals surface area contributed by atoms with Gasteiger partial charge in [-0.1, -0.05) is 0 Å². The number of carbonyl (C=O) groups is 1. The Bertz CT molecular complexity index is 356. The van der Waals surface area contributed by atoms with Gasteiger partial charge in [0.2, 0.25) is 0 Å². The van der Waals surface area contributed by atoms with Gasteiger partial charge in [-0.15, -0.1) is 12.4 Å². The number of aromatic nitrogens is 1. The van der Waals surface area contributed by atoms with Gasteiger partial charge in [0, 0.05) is 31.5 Å². The summed E-state index contributed by atoms with van der Waals surface area (Å²) in [4.78, 5) is 16.9. The van der Waals surface area contributed by atoms with Crippen LogP contribution in [0.15, 0.2) is 12.4 Å². The average Bonchev–Trinajstić information content (AvgIpc) is 2.65. The van der Waals surface area contributed by atoms with Crippen molar-refractivity contribution in [3.05, 3.63) is 23.5 Å². The topological polar surface area (TPSA) is 62.1 Å². The molecule has 3 N–H and O–H groups in total. The highest BCUT2D eigenvalue weighted by atomic mass is 35.5. The molecule has 1 fully saturated rings. The van der Waals surface area contributed by atoms with Crippen LogP contribution in [0.4, 0.5) is 0 Å². The molecule has 1 amide bonds. The van der Waals surface area contributed by atoms with E-state index in [-0.39, 0.29) is 24.4 Å². The van der Waals surface area contributed by atoms with Crippen molar-refractivity contribution in [1.82, 2.24) is 9.88 Å². The van der Waals surface area contributed by atoms with Crippen LogP contribution in [0.5, 0.6) is 0 Å². The van der Waals surface area contributed by atoms with E-state index >= 15 is 0 Å². The molecule has 0 unspecified atom stereocenters. The molecule has 0 saturated carbocycles. The molecule has 1 aromatic rings. The fourth-order valence-corrected chi connectivity index (χ4v) is 1.94. The first kappa shape index (κ1) is 13.1. The van der Waals surface area contributed by atoms with Gasteiger partial charge in [0.25, 0.3) is 5.91 Å². The van der Waals surface area contributed by atoms with Crippen LogP contribution in [0.25, 0.3) is 0 Å². The number of aromatic amines is 1. The molecule has 2 rings (SSSR count). The second kappa shape index (κ2) is 5.37. The number of nitrogens with one attached hydrogen (secondary N) is 1. The van der Waals surface area contributed by atoms with Crippen LogP contribution in [0.3, 0.4) is 0 Å². The van der Waals surface area contributed by atoms with Crippen molar-refractivity contribution in [1.29, 1.82) is 0 Å². The molecule has 0 aromatic carbocycles. The van der Waals surface area contributed by atoms with Crippen molar-refractivity contribution >= 4 is 18.3 Å². The number of hydrogen-bond acceptors (Lipinski definition) is 2. The molecule has 1 aliphatic rings. The van der Waals surface area contributed by atoms with Crippen molar-refractivity contribution in [2.24, 2.45) is 5.73 Å². The number of hydrogen-bond donors (Lipinski definition) is 2. The molecule has 4 nitrogen and oxygen atoms in total. The Morgan fingerprint density at radius 2 is 2.06 bits per heavy atom. The zero-order chi connectivity index (χ0) is 10.8. The molecule has 0 bridgehead atoms. The summed E-state index contributed by atoms with van der Waals surface area (Å²) in [5, 5.41) is 0. The molecule has 5 heteroatoms. The van der Waals surface area contributed by atoms with E-state index in [1.165, 1.54) is 0 Å². The van der Waals surface area contributed by atoms with E-state index in [0.29, 0.717) is 0 Å². The Morgan fingerprint density at radius 1 is 1.44 bits per heavy atom. The normalized spacial score (nSPS) is 17.0. The first-order valence-corrected chi connectivity index (χ1v) is 5.36. The van der Waals surface area contributed by atoms with Gasteiger partial charge in [-0.3, -0.25) is 4.79 Å². The Kier molecular flexibility index (Phi) is 4.38. The number of nitrogens with two attached hydrogens (primary N) is 1. The molecule has 16 heavy (non-hydrogen) atoms. The molecular weight excluding hydrogens is 226 g/mol. The third kappa shape index (κ3) is 2.57. The Labute approximate surface area is 102 Å². The zero-order valence-electron chi connectivity index (χ0n) is 9.40. The van der Waals surface area contributed by atoms with E-state index in [1.807, 2.05) is 18.0 Å². The number of H-pyrrole nitrogens is 1. The quantitative estimate of drug-likeness (QED) is 0.781. The molecule has 0 atom stereocenters. The highest BCUT2D eigenvalue weighted by Crippen LogP contribution is 2.14. The molecule has 1 aromatic heterocycles. The van der Waals surface area contributed by atoms with Crippen LogP contribution < -0.4 is 5.73 Å². The second-order valence-corrected chi connectivity index (χ2v) is 4.18. The number of aryl methyl sites for hydroxylation is 1. The average molecular weight is 244 g/mol. The highest BCUT2D eigenvalue weighted by Gasteiger charge is 2.22. The maximum atomic E-state index is 12.1. The van der Waals surface area contributed by atoms with Crippen LogP contribution in [0.1, 0.15) is 28.8 Å². The number of likely N-dealkylation sites (tertiary alicyclic amines) is 1. The Balaban J connectivity index is 0.00000128. The number of amides is 1. The minimum absolute atomic E-state index is 0. The summed E-state index contributed by atoms with van der Waals surface area (Å²) in [5.41, 5.74) is 7.59. The summed E-state index contributed by atoms with van der Waals surface area (Å²) in [5.74, 6) is 0.126. The van der Waals surface area contributed by atoms with Crippen molar-refractivity contribution in [2.75, 3.05) is 13.1 Å². The van der Waals surface area contributed by atoms with Gasteiger partial charge in [0.05, 0.1) is 5.56 Å². The SMILES string of the molecule is Cc1c[nH]cc1C(=O)N1CCC(N)CC1.Cl. The Morgan fingerprint density at radius 3 is 2.56 bits per heavy atom. The van der Waals surface area contributed by atoms with Gasteiger partial charge in [0.15, 0.2) is 0 Å². The van der Waals surface area contributed by atoms with Gasteiger partial charge in [-0.25, -0.2) is 0 Å². The van der Waals surface area contributed by atoms with E-state index in [4.69, 9.17) is 5.73 Å². The van der Waals surface area contributed by atoms with Crippen molar-refractivity contribution in [3.8, 4) is 0 Å². The third-order valence-electron chi connectivity index (χ3n) is 3.01. The van der Waals surface area contributed by atoms with Crippen LogP contribution in [-0.2, 0) is 0 Å². The van der Waals surface area contributed by atoms with E-state index in [0.717, 1.165) is 37.1 Å².